The van der Waals surface area contributed by atoms with E-state index in [0.717, 1.165) is 22.5 Å². The third-order valence-electron chi connectivity index (χ3n) is 4.36. The molecule has 0 bridgehead atoms. The lowest BCUT2D eigenvalue weighted by atomic mass is 10.1. The Morgan fingerprint density at radius 1 is 0.800 bits per heavy atom. The van der Waals surface area contributed by atoms with Gasteiger partial charge in [0.05, 0.1) is 10.6 Å². The van der Waals surface area contributed by atoms with Crippen molar-refractivity contribution in [3.8, 4) is 22.4 Å². The Kier molecular flexibility index (Phi) is 5.35. The van der Waals surface area contributed by atoms with Crippen LogP contribution in [0.5, 0.6) is 0 Å². The minimum atomic E-state index is -3.92. The van der Waals surface area contributed by atoms with Gasteiger partial charge in [0.25, 0.3) is 10.0 Å². The molecule has 1 heterocycles. The second-order valence-corrected chi connectivity index (χ2v) is 9.05. The number of carboxylic acid groups (broad SMARTS) is 1. The molecule has 0 saturated carbocycles. The van der Waals surface area contributed by atoms with Crippen LogP contribution in [0.3, 0.4) is 0 Å². The van der Waals surface area contributed by atoms with Crippen LogP contribution in [0, 0.1) is 0 Å². The molecule has 0 saturated heterocycles. The van der Waals surface area contributed by atoms with Crippen molar-refractivity contribution in [2.24, 2.45) is 0 Å². The number of sulfonamides is 1. The number of benzene rings is 3. The van der Waals surface area contributed by atoms with Crippen LogP contribution in [0.1, 0.15) is 9.67 Å². The SMILES string of the molecule is O=C(O)c1sc(NS(=O)(=O)c2ccc(-c3ccccc3)cc2)nc1-c1ccccc1. The summed E-state index contributed by atoms with van der Waals surface area (Å²) in [7, 11) is -3.92. The summed E-state index contributed by atoms with van der Waals surface area (Å²) in [6, 6.07) is 24.9. The molecule has 0 aliphatic rings. The average molecular weight is 437 g/mol. The average Bonchev–Trinajstić information content (AvgIpc) is 3.19. The fourth-order valence-electron chi connectivity index (χ4n) is 2.93. The zero-order valence-electron chi connectivity index (χ0n) is 15.5. The van der Waals surface area contributed by atoms with Gasteiger partial charge in [-0.05, 0) is 23.3 Å². The van der Waals surface area contributed by atoms with Gasteiger partial charge in [-0.25, -0.2) is 18.2 Å². The summed E-state index contributed by atoms with van der Waals surface area (Å²) in [6.07, 6.45) is 0. The number of aromatic carboxylic acids is 1. The number of aromatic nitrogens is 1. The molecule has 4 rings (SSSR count). The molecule has 0 unspecified atom stereocenters. The number of anilines is 1. The minimum absolute atomic E-state index is 0.00149. The smallest absolute Gasteiger partial charge is 0.348 e. The Bertz CT molecular complexity index is 1280. The lowest BCUT2D eigenvalue weighted by Crippen LogP contribution is -2.12. The van der Waals surface area contributed by atoms with Crippen molar-refractivity contribution in [2.75, 3.05) is 4.72 Å². The van der Waals surface area contributed by atoms with Gasteiger partial charge >= 0.3 is 5.97 Å². The van der Waals surface area contributed by atoms with Gasteiger partial charge in [0, 0.05) is 5.56 Å². The predicted octanol–water partition coefficient (Wildman–Crippen LogP) is 4.98. The summed E-state index contributed by atoms with van der Waals surface area (Å²) in [5.74, 6) is -1.16. The van der Waals surface area contributed by atoms with Crippen LogP contribution in [-0.2, 0) is 10.0 Å². The van der Waals surface area contributed by atoms with Gasteiger partial charge in [-0.3, -0.25) is 4.72 Å². The number of hydrogen-bond donors (Lipinski definition) is 2. The summed E-state index contributed by atoms with van der Waals surface area (Å²) in [4.78, 5) is 15.9. The molecule has 3 aromatic carbocycles. The monoisotopic (exact) mass is 436 g/mol. The van der Waals surface area contributed by atoms with Crippen LogP contribution >= 0.6 is 11.3 Å². The van der Waals surface area contributed by atoms with Crippen molar-refractivity contribution in [3.63, 3.8) is 0 Å². The van der Waals surface area contributed by atoms with E-state index in [0.29, 0.717) is 5.56 Å². The number of nitrogens with one attached hydrogen (secondary N) is 1. The van der Waals surface area contributed by atoms with Crippen molar-refractivity contribution in [1.29, 1.82) is 0 Å². The molecular formula is C22H16N2O4S2. The molecule has 6 nitrogen and oxygen atoms in total. The zero-order chi connectivity index (χ0) is 21.1. The first-order chi connectivity index (χ1) is 14.4. The Morgan fingerprint density at radius 2 is 1.33 bits per heavy atom. The molecule has 0 fully saturated rings. The molecule has 1 aromatic heterocycles. The fourth-order valence-corrected chi connectivity index (χ4v) is 4.99. The summed E-state index contributed by atoms with van der Waals surface area (Å²) < 4.78 is 28.0. The van der Waals surface area contributed by atoms with Gasteiger partial charge in [-0.15, -0.1) is 0 Å². The van der Waals surface area contributed by atoms with Crippen LogP contribution in [0.4, 0.5) is 5.13 Å². The van der Waals surface area contributed by atoms with Gasteiger partial charge < -0.3 is 5.11 Å². The quantitative estimate of drug-likeness (QED) is 0.445. The highest BCUT2D eigenvalue weighted by molar-refractivity contribution is 7.93. The lowest BCUT2D eigenvalue weighted by Gasteiger charge is -2.07. The molecule has 150 valence electrons. The van der Waals surface area contributed by atoms with E-state index in [1.807, 2.05) is 30.3 Å². The van der Waals surface area contributed by atoms with E-state index >= 15 is 0 Å². The highest BCUT2D eigenvalue weighted by Crippen LogP contribution is 2.32. The molecule has 0 aliphatic heterocycles. The van der Waals surface area contributed by atoms with E-state index in [1.54, 1.807) is 42.5 Å². The van der Waals surface area contributed by atoms with Crippen molar-refractivity contribution in [1.82, 2.24) is 4.98 Å². The fraction of sp³-hybridized carbons (Fsp3) is 0. The Morgan fingerprint density at radius 3 is 1.90 bits per heavy atom. The maximum atomic E-state index is 12.8. The van der Waals surface area contributed by atoms with Crippen LogP contribution in [0.15, 0.2) is 89.8 Å². The number of nitrogens with zero attached hydrogens (tertiary/aromatic N) is 1. The van der Waals surface area contributed by atoms with E-state index < -0.39 is 16.0 Å². The zero-order valence-corrected chi connectivity index (χ0v) is 17.2. The third-order valence-corrected chi connectivity index (χ3v) is 6.80. The maximum Gasteiger partial charge on any atom is 0.348 e. The Balaban J connectivity index is 1.63. The van der Waals surface area contributed by atoms with Crippen LogP contribution in [0.2, 0.25) is 0 Å². The molecule has 0 amide bonds. The van der Waals surface area contributed by atoms with E-state index in [-0.39, 0.29) is 20.6 Å². The molecule has 4 aromatic rings. The predicted molar refractivity (Wildman–Crippen MR) is 117 cm³/mol. The highest BCUT2D eigenvalue weighted by atomic mass is 32.2. The van der Waals surface area contributed by atoms with Crippen molar-refractivity contribution in [3.05, 3.63) is 89.8 Å². The number of hydrogen-bond acceptors (Lipinski definition) is 5. The van der Waals surface area contributed by atoms with Gasteiger partial charge in [-0.1, -0.05) is 84.1 Å². The normalized spacial score (nSPS) is 11.2. The van der Waals surface area contributed by atoms with E-state index in [2.05, 4.69) is 9.71 Å². The second kappa shape index (κ2) is 8.10. The maximum absolute atomic E-state index is 12.8. The molecular weight excluding hydrogens is 420 g/mol. The highest BCUT2D eigenvalue weighted by Gasteiger charge is 2.22. The summed E-state index contributed by atoms with van der Waals surface area (Å²) in [6.45, 7) is 0. The number of carbonyl (C=O) groups is 1. The summed E-state index contributed by atoms with van der Waals surface area (Å²) >= 11 is 0.783. The summed E-state index contributed by atoms with van der Waals surface area (Å²) in [5.41, 5.74) is 2.70. The van der Waals surface area contributed by atoms with Crippen LogP contribution in [-0.4, -0.2) is 24.5 Å². The topological polar surface area (TPSA) is 96.4 Å². The van der Waals surface area contributed by atoms with Gasteiger partial charge in [0.2, 0.25) is 0 Å². The largest absolute Gasteiger partial charge is 0.477 e. The van der Waals surface area contributed by atoms with E-state index in [4.69, 9.17) is 0 Å². The van der Waals surface area contributed by atoms with Crippen molar-refractivity contribution >= 4 is 32.5 Å². The first kappa shape index (κ1) is 19.8. The van der Waals surface area contributed by atoms with Crippen molar-refractivity contribution < 1.29 is 18.3 Å². The molecule has 8 heteroatoms. The Hall–Kier alpha value is -3.49. The lowest BCUT2D eigenvalue weighted by molar-refractivity contribution is 0.0702. The molecule has 0 radical (unpaired) electrons. The first-order valence-electron chi connectivity index (χ1n) is 8.92. The molecule has 0 aliphatic carbocycles. The van der Waals surface area contributed by atoms with Crippen molar-refractivity contribution in [2.45, 2.75) is 4.90 Å². The third kappa shape index (κ3) is 4.10. The molecule has 0 atom stereocenters. The van der Waals surface area contributed by atoms with Gasteiger partial charge in [0.1, 0.15) is 4.88 Å². The number of rotatable bonds is 6. The molecule has 0 spiro atoms. The Labute approximate surface area is 177 Å². The first-order valence-corrected chi connectivity index (χ1v) is 11.2. The van der Waals surface area contributed by atoms with Crippen LogP contribution in [0.25, 0.3) is 22.4 Å². The number of thiazole rings is 1. The molecule has 30 heavy (non-hydrogen) atoms. The minimum Gasteiger partial charge on any atom is -0.477 e. The van der Waals surface area contributed by atoms with Gasteiger partial charge in [0.15, 0.2) is 5.13 Å². The van der Waals surface area contributed by atoms with E-state index in [9.17, 15) is 18.3 Å². The van der Waals surface area contributed by atoms with E-state index in [1.165, 1.54) is 12.1 Å². The standard InChI is InChI=1S/C22H16N2O4S2/c25-21(26)20-19(17-9-5-2-6-10-17)23-22(29-20)24-30(27,28)18-13-11-16(12-14-18)15-7-3-1-4-8-15/h1-14H,(H,23,24)(H,25,26). The number of carboxylic acids is 1. The summed E-state index contributed by atoms with van der Waals surface area (Å²) in [5, 5.41) is 9.49. The second-order valence-electron chi connectivity index (χ2n) is 6.36. The molecule has 2 N–H and O–H groups in total. The van der Waals surface area contributed by atoms with Crippen LogP contribution < -0.4 is 4.72 Å². The van der Waals surface area contributed by atoms with Gasteiger partial charge in [-0.2, -0.15) is 0 Å².